The Bertz CT molecular complexity index is 1200. The maximum atomic E-state index is 12.9. The van der Waals surface area contributed by atoms with Gasteiger partial charge in [0.15, 0.2) is 5.13 Å². The third kappa shape index (κ3) is 3.35. The molecule has 0 saturated heterocycles. The molecule has 1 N–H and O–H groups in total. The van der Waals surface area contributed by atoms with E-state index in [0.29, 0.717) is 16.4 Å². The van der Waals surface area contributed by atoms with Gasteiger partial charge < -0.3 is 4.74 Å². The number of nitrogens with one attached hydrogen (secondary N) is 1. The Morgan fingerprint density at radius 1 is 1.00 bits per heavy atom. The largest absolute Gasteiger partial charge is 0.465 e. The molecule has 0 aliphatic carbocycles. The highest BCUT2D eigenvalue weighted by Gasteiger charge is 2.37. The number of aryl methyl sites for hydroxylation is 1. The predicted octanol–water partition coefficient (Wildman–Crippen LogP) is 3.29. The first-order valence-electron chi connectivity index (χ1n) is 8.83. The zero-order valence-corrected chi connectivity index (χ0v) is 16.8. The van der Waals surface area contributed by atoms with Gasteiger partial charge in [-0.25, -0.2) is 14.7 Å². The summed E-state index contributed by atoms with van der Waals surface area (Å²) in [6.07, 6.45) is 0. The van der Waals surface area contributed by atoms with Gasteiger partial charge in [0.05, 0.1) is 35.2 Å². The number of hydrogen-bond acceptors (Lipinski definition) is 7. The van der Waals surface area contributed by atoms with Crippen molar-refractivity contribution in [2.75, 3.05) is 17.3 Å². The van der Waals surface area contributed by atoms with Crippen LogP contribution in [0.4, 0.5) is 10.8 Å². The Morgan fingerprint density at radius 3 is 2.30 bits per heavy atom. The molecular formula is C21H15N3O5S. The standard InChI is InChI=1S/C21H15N3O5S/c1-11-10-30-21(22-11)23-17(25)13-5-8-15-16(9-13)19(27)24(18(15)26)14-6-3-12(4-7-14)20(28)29-2/h3-10H,1-2H3,(H,22,23,25). The molecule has 0 bridgehead atoms. The summed E-state index contributed by atoms with van der Waals surface area (Å²) in [5.74, 6) is -1.98. The first-order valence-corrected chi connectivity index (χ1v) is 9.71. The average molecular weight is 421 g/mol. The van der Waals surface area contributed by atoms with Gasteiger partial charge in [0, 0.05) is 10.9 Å². The first-order chi connectivity index (χ1) is 14.4. The number of anilines is 2. The molecule has 0 spiro atoms. The van der Waals surface area contributed by atoms with Crippen molar-refractivity contribution in [1.29, 1.82) is 0 Å². The molecule has 9 heteroatoms. The number of esters is 1. The summed E-state index contributed by atoms with van der Waals surface area (Å²) in [5.41, 5.74) is 2.00. The Hall–Kier alpha value is -3.85. The van der Waals surface area contributed by atoms with Crippen LogP contribution >= 0.6 is 11.3 Å². The van der Waals surface area contributed by atoms with Crippen LogP contribution in [0.2, 0.25) is 0 Å². The number of ether oxygens (including phenoxy) is 1. The fourth-order valence-corrected chi connectivity index (χ4v) is 3.74. The van der Waals surface area contributed by atoms with E-state index >= 15 is 0 Å². The molecule has 0 saturated carbocycles. The fraction of sp³-hybridized carbons (Fsp3) is 0.0952. The molecule has 0 fully saturated rings. The highest BCUT2D eigenvalue weighted by atomic mass is 32.1. The van der Waals surface area contributed by atoms with E-state index in [1.54, 1.807) is 0 Å². The van der Waals surface area contributed by atoms with Crippen molar-refractivity contribution >= 4 is 45.8 Å². The highest BCUT2D eigenvalue weighted by Crippen LogP contribution is 2.29. The fourth-order valence-electron chi connectivity index (χ4n) is 3.06. The minimum atomic E-state index is -0.541. The molecule has 0 radical (unpaired) electrons. The number of amides is 3. The van der Waals surface area contributed by atoms with Gasteiger partial charge in [0.25, 0.3) is 17.7 Å². The minimum absolute atomic E-state index is 0.139. The summed E-state index contributed by atoms with van der Waals surface area (Å²) < 4.78 is 4.65. The molecule has 8 nitrogen and oxygen atoms in total. The average Bonchev–Trinajstić information content (AvgIpc) is 3.27. The third-order valence-electron chi connectivity index (χ3n) is 4.53. The molecule has 1 aliphatic heterocycles. The van der Waals surface area contributed by atoms with E-state index in [2.05, 4.69) is 15.0 Å². The second kappa shape index (κ2) is 7.53. The Balaban J connectivity index is 1.60. The molecule has 1 aliphatic rings. The van der Waals surface area contributed by atoms with Crippen LogP contribution in [0.1, 0.15) is 47.1 Å². The van der Waals surface area contributed by atoms with Gasteiger partial charge in [-0.1, -0.05) is 0 Å². The topological polar surface area (TPSA) is 106 Å². The number of aromatic nitrogens is 1. The lowest BCUT2D eigenvalue weighted by Crippen LogP contribution is -2.29. The van der Waals surface area contributed by atoms with Gasteiger partial charge in [-0.3, -0.25) is 19.7 Å². The molecule has 1 aromatic heterocycles. The number of methoxy groups -OCH3 is 1. The van der Waals surface area contributed by atoms with E-state index in [9.17, 15) is 19.2 Å². The van der Waals surface area contributed by atoms with Crippen molar-refractivity contribution in [3.63, 3.8) is 0 Å². The number of benzene rings is 2. The molecular weight excluding hydrogens is 406 g/mol. The lowest BCUT2D eigenvalue weighted by Gasteiger charge is -2.14. The van der Waals surface area contributed by atoms with Crippen LogP contribution in [0.15, 0.2) is 47.8 Å². The van der Waals surface area contributed by atoms with Gasteiger partial charge in [-0.15, -0.1) is 11.3 Å². The molecule has 0 atom stereocenters. The maximum absolute atomic E-state index is 12.9. The van der Waals surface area contributed by atoms with E-state index in [1.165, 1.54) is 60.9 Å². The van der Waals surface area contributed by atoms with Gasteiger partial charge in [-0.05, 0) is 49.4 Å². The van der Waals surface area contributed by atoms with Crippen molar-refractivity contribution < 1.29 is 23.9 Å². The number of thiazole rings is 1. The van der Waals surface area contributed by atoms with Crippen molar-refractivity contribution in [3.05, 3.63) is 75.8 Å². The van der Waals surface area contributed by atoms with E-state index in [4.69, 9.17) is 0 Å². The van der Waals surface area contributed by atoms with Gasteiger partial charge in [0.1, 0.15) is 0 Å². The van der Waals surface area contributed by atoms with E-state index in [0.717, 1.165) is 10.6 Å². The van der Waals surface area contributed by atoms with Crippen molar-refractivity contribution in [3.8, 4) is 0 Å². The van der Waals surface area contributed by atoms with Gasteiger partial charge in [-0.2, -0.15) is 0 Å². The van der Waals surface area contributed by atoms with Crippen molar-refractivity contribution in [2.24, 2.45) is 0 Å². The van der Waals surface area contributed by atoms with Crippen LogP contribution in [-0.4, -0.2) is 35.8 Å². The van der Waals surface area contributed by atoms with E-state index in [-0.39, 0.29) is 16.7 Å². The monoisotopic (exact) mass is 421 g/mol. The summed E-state index contributed by atoms with van der Waals surface area (Å²) in [7, 11) is 1.27. The lowest BCUT2D eigenvalue weighted by atomic mass is 10.1. The zero-order valence-electron chi connectivity index (χ0n) is 16.0. The number of imide groups is 1. The summed E-state index contributed by atoms with van der Waals surface area (Å²) in [4.78, 5) is 54.9. The third-order valence-corrected chi connectivity index (χ3v) is 5.41. The van der Waals surface area contributed by atoms with Crippen molar-refractivity contribution in [2.45, 2.75) is 6.92 Å². The molecule has 3 aromatic rings. The van der Waals surface area contributed by atoms with Gasteiger partial charge >= 0.3 is 5.97 Å². The van der Waals surface area contributed by atoms with Crippen LogP contribution < -0.4 is 10.2 Å². The number of rotatable bonds is 4. The summed E-state index contributed by atoms with van der Waals surface area (Å²) >= 11 is 1.30. The molecule has 2 heterocycles. The normalized spacial score (nSPS) is 12.7. The summed E-state index contributed by atoms with van der Waals surface area (Å²) in [5, 5.41) is 4.94. The molecule has 30 heavy (non-hydrogen) atoms. The smallest absolute Gasteiger partial charge is 0.337 e. The second-order valence-corrected chi connectivity index (χ2v) is 7.35. The highest BCUT2D eigenvalue weighted by molar-refractivity contribution is 7.13. The lowest BCUT2D eigenvalue weighted by molar-refractivity contribution is 0.0600. The maximum Gasteiger partial charge on any atom is 0.337 e. The van der Waals surface area contributed by atoms with Crippen LogP contribution in [0, 0.1) is 6.92 Å². The minimum Gasteiger partial charge on any atom is -0.465 e. The SMILES string of the molecule is COC(=O)c1ccc(N2C(=O)c3ccc(C(=O)Nc4nc(C)cs4)cc3C2=O)cc1. The molecule has 3 amide bonds. The second-order valence-electron chi connectivity index (χ2n) is 6.49. The number of hydrogen-bond donors (Lipinski definition) is 1. The molecule has 150 valence electrons. The number of fused-ring (bicyclic) bond motifs is 1. The first kappa shape index (κ1) is 19.5. The Morgan fingerprint density at radius 2 is 1.67 bits per heavy atom. The molecule has 2 aromatic carbocycles. The number of carbonyl (C=O) groups is 4. The quantitative estimate of drug-likeness (QED) is 0.512. The summed E-state index contributed by atoms with van der Waals surface area (Å²) in [6.45, 7) is 1.82. The van der Waals surface area contributed by atoms with Crippen LogP contribution in [0.25, 0.3) is 0 Å². The van der Waals surface area contributed by atoms with Gasteiger partial charge in [0.2, 0.25) is 0 Å². The Labute approximate surface area is 175 Å². The van der Waals surface area contributed by atoms with E-state index < -0.39 is 23.7 Å². The predicted molar refractivity (Wildman–Crippen MR) is 110 cm³/mol. The van der Waals surface area contributed by atoms with Crippen LogP contribution in [-0.2, 0) is 4.74 Å². The van der Waals surface area contributed by atoms with Crippen LogP contribution in [0.3, 0.4) is 0 Å². The number of carbonyl (C=O) groups excluding carboxylic acids is 4. The van der Waals surface area contributed by atoms with Crippen molar-refractivity contribution in [1.82, 2.24) is 4.98 Å². The number of nitrogens with zero attached hydrogens (tertiary/aromatic N) is 2. The summed E-state index contributed by atoms with van der Waals surface area (Å²) in [6, 6.07) is 10.3. The Kier molecular flexibility index (Phi) is 4.88. The van der Waals surface area contributed by atoms with E-state index in [1.807, 2.05) is 12.3 Å². The molecule has 4 rings (SSSR count). The zero-order chi connectivity index (χ0) is 21.4. The molecule has 0 unspecified atom stereocenters. The van der Waals surface area contributed by atoms with Crippen LogP contribution in [0.5, 0.6) is 0 Å².